The number of likely N-dealkylation sites (tertiary alicyclic amines) is 1. The lowest BCUT2D eigenvalue weighted by molar-refractivity contribution is 0.214. The van der Waals surface area contributed by atoms with Crippen LogP contribution >= 0.6 is 39.0 Å². The van der Waals surface area contributed by atoms with Gasteiger partial charge in [-0.3, -0.25) is 0 Å². The summed E-state index contributed by atoms with van der Waals surface area (Å²) in [6.07, 6.45) is 1.49. The second-order valence-corrected chi connectivity index (χ2v) is 8.38. The van der Waals surface area contributed by atoms with Gasteiger partial charge in [-0.15, -0.1) is 4.99 Å². The van der Waals surface area contributed by atoms with Gasteiger partial charge in [0, 0.05) is 18.0 Å². The smallest absolute Gasteiger partial charge is 0.320 e. The molecular formula is C13H14BrFN3OS2+. The first kappa shape index (κ1) is 15.2. The van der Waals surface area contributed by atoms with Crippen LogP contribution in [0.5, 0.6) is 0 Å². The summed E-state index contributed by atoms with van der Waals surface area (Å²) < 4.78 is 14.6. The predicted octanol–water partition coefficient (Wildman–Crippen LogP) is 4.19. The molecule has 0 radical (unpaired) electrons. The van der Waals surface area contributed by atoms with Crippen LogP contribution in [0, 0.1) is 0 Å². The van der Waals surface area contributed by atoms with E-state index in [-0.39, 0.29) is 12.6 Å². The molecule has 2 aliphatic heterocycles. The summed E-state index contributed by atoms with van der Waals surface area (Å²) in [6.45, 7) is 0.602. The van der Waals surface area contributed by atoms with Crippen molar-refractivity contribution in [2.45, 2.75) is 12.6 Å². The zero-order valence-electron chi connectivity index (χ0n) is 11.3. The van der Waals surface area contributed by atoms with E-state index in [1.54, 1.807) is 11.3 Å². The molecule has 1 fully saturated rings. The Balaban J connectivity index is 1.84. The van der Waals surface area contributed by atoms with E-state index >= 15 is 0 Å². The standard InChI is InChI=1S/C13H14BrFN3OS2/c1-18(11-3-2-10(14)21-11)6-7-20-13(18)16-12(19)17-5-4-9(15)8-17/h2-3,6-7,9H,4-5,8H2,1H3/q+1/t9-,18?/m1/s1. The first-order chi connectivity index (χ1) is 9.99. The largest absolute Gasteiger partial charge is 0.349 e. The zero-order valence-corrected chi connectivity index (χ0v) is 14.5. The molecule has 0 saturated carbocycles. The lowest BCUT2D eigenvalue weighted by atomic mass is 10.3. The number of quaternary nitrogens is 1. The highest BCUT2D eigenvalue weighted by Crippen LogP contribution is 2.39. The Hall–Kier alpha value is -0.700. The number of halogens is 2. The Bertz CT molecular complexity index is 633. The van der Waals surface area contributed by atoms with E-state index in [1.165, 1.54) is 16.7 Å². The van der Waals surface area contributed by atoms with Crippen molar-refractivity contribution in [3.8, 4) is 0 Å². The number of hydrogen-bond donors (Lipinski definition) is 0. The molecule has 3 heterocycles. The van der Waals surface area contributed by atoms with Gasteiger partial charge in [0.05, 0.1) is 17.4 Å². The summed E-state index contributed by atoms with van der Waals surface area (Å²) in [7, 11) is 1.99. The molecule has 2 amide bonds. The molecule has 21 heavy (non-hydrogen) atoms. The van der Waals surface area contributed by atoms with Crippen LogP contribution in [0.25, 0.3) is 0 Å². The molecule has 112 valence electrons. The predicted molar refractivity (Wildman–Crippen MR) is 90.4 cm³/mol. The molecule has 1 unspecified atom stereocenters. The Labute approximate surface area is 139 Å². The Kier molecular flexibility index (Phi) is 4.22. The fraction of sp³-hybridized carbons (Fsp3) is 0.385. The fourth-order valence-electron chi connectivity index (χ4n) is 2.28. The maximum Gasteiger partial charge on any atom is 0.349 e. The highest BCUT2D eigenvalue weighted by molar-refractivity contribution is 9.11. The number of nitrogens with zero attached hydrogens (tertiary/aromatic N) is 3. The molecular weight excluding hydrogens is 377 g/mol. The van der Waals surface area contributed by atoms with Crippen molar-refractivity contribution in [1.29, 1.82) is 0 Å². The molecule has 2 atom stereocenters. The quantitative estimate of drug-likeness (QED) is 0.673. The average molecular weight is 391 g/mol. The number of carbonyl (C=O) groups is 1. The second kappa shape index (κ2) is 5.83. The molecule has 0 aliphatic carbocycles. The summed E-state index contributed by atoms with van der Waals surface area (Å²) in [5, 5.41) is 3.69. The number of amides is 2. The first-order valence-corrected chi connectivity index (χ1v) is 8.96. The number of aliphatic imine (C=N–C) groups is 1. The number of thiophene rings is 1. The maximum atomic E-state index is 13.2. The van der Waals surface area contributed by atoms with E-state index in [2.05, 4.69) is 20.9 Å². The van der Waals surface area contributed by atoms with E-state index in [1.807, 2.05) is 30.8 Å². The summed E-state index contributed by atoms with van der Waals surface area (Å²) in [5.41, 5.74) is 0. The number of amidine groups is 1. The third-order valence-electron chi connectivity index (χ3n) is 3.54. The third-order valence-corrected chi connectivity index (χ3v) is 6.28. The maximum absolute atomic E-state index is 13.2. The molecule has 0 bridgehead atoms. The van der Waals surface area contributed by atoms with Gasteiger partial charge in [0.2, 0.25) is 5.00 Å². The number of carbonyl (C=O) groups excluding carboxylic acids is 1. The van der Waals surface area contributed by atoms with E-state index in [4.69, 9.17) is 0 Å². The number of alkyl halides is 1. The van der Waals surface area contributed by atoms with Crippen molar-refractivity contribution < 1.29 is 9.18 Å². The van der Waals surface area contributed by atoms with Gasteiger partial charge < -0.3 is 4.90 Å². The lowest BCUT2D eigenvalue weighted by Crippen LogP contribution is -2.41. The topological polar surface area (TPSA) is 32.7 Å². The van der Waals surface area contributed by atoms with Gasteiger partial charge in [0.15, 0.2) is 0 Å². The second-order valence-electron chi connectivity index (χ2n) is 5.07. The summed E-state index contributed by atoms with van der Waals surface area (Å²) >= 11 is 6.49. The Morgan fingerprint density at radius 2 is 2.38 bits per heavy atom. The van der Waals surface area contributed by atoms with Crippen LogP contribution < -0.4 is 4.48 Å². The van der Waals surface area contributed by atoms with Gasteiger partial charge >= 0.3 is 6.03 Å². The number of hydrogen-bond acceptors (Lipinski definition) is 3. The molecule has 4 nitrogen and oxygen atoms in total. The van der Waals surface area contributed by atoms with Crippen molar-refractivity contribution in [2.75, 3.05) is 20.1 Å². The number of rotatable bonds is 1. The van der Waals surface area contributed by atoms with Crippen LogP contribution in [0.4, 0.5) is 14.2 Å². The normalized spacial score (nSPS) is 30.5. The first-order valence-electron chi connectivity index (χ1n) is 6.48. The van der Waals surface area contributed by atoms with E-state index in [9.17, 15) is 9.18 Å². The van der Waals surface area contributed by atoms with E-state index in [0.29, 0.717) is 22.6 Å². The van der Waals surface area contributed by atoms with Crippen LogP contribution in [0.2, 0.25) is 0 Å². The van der Waals surface area contributed by atoms with Crippen LogP contribution in [0.15, 0.2) is 32.5 Å². The highest BCUT2D eigenvalue weighted by atomic mass is 79.9. The zero-order chi connectivity index (χ0) is 15.0. The average Bonchev–Trinajstić information content (AvgIpc) is 3.13. The van der Waals surface area contributed by atoms with Crippen LogP contribution in [-0.2, 0) is 0 Å². The Morgan fingerprint density at radius 1 is 1.57 bits per heavy atom. The van der Waals surface area contributed by atoms with Crippen LogP contribution in [0.1, 0.15) is 6.42 Å². The lowest BCUT2D eigenvalue weighted by Gasteiger charge is -2.23. The molecule has 0 spiro atoms. The summed E-state index contributed by atoms with van der Waals surface area (Å²) in [5.74, 6) is 0. The van der Waals surface area contributed by atoms with Gasteiger partial charge in [0.25, 0.3) is 5.17 Å². The third kappa shape index (κ3) is 2.94. The fourth-order valence-corrected chi connectivity index (χ4v) is 4.71. The van der Waals surface area contributed by atoms with Gasteiger partial charge in [0.1, 0.15) is 12.4 Å². The Morgan fingerprint density at radius 3 is 3.00 bits per heavy atom. The van der Waals surface area contributed by atoms with Crippen molar-refractivity contribution in [3.63, 3.8) is 0 Å². The minimum Gasteiger partial charge on any atom is -0.320 e. The van der Waals surface area contributed by atoms with Crippen molar-refractivity contribution >= 4 is 55.2 Å². The van der Waals surface area contributed by atoms with Gasteiger partial charge in [-0.05, 0) is 40.2 Å². The summed E-state index contributed by atoms with van der Waals surface area (Å²) in [6, 6.07) is 3.65. The highest BCUT2D eigenvalue weighted by Gasteiger charge is 2.38. The van der Waals surface area contributed by atoms with Crippen molar-refractivity contribution in [3.05, 3.63) is 27.5 Å². The number of urea groups is 1. The van der Waals surface area contributed by atoms with E-state index in [0.717, 1.165) is 8.79 Å². The molecule has 3 rings (SSSR count). The molecule has 1 aromatic heterocycles. The van der Waals surface area contributed by atoms with Crippen molar-refractivity contribution in [2.24, 2.45) is 4.99 Å². The van der Waals surface area contributed by atoms with Gasteiger partial charge in [-0.2, -0.15) is 0 Å². The molecule has 1 aromatic rings. The monoisotopic (exact) mass is 390 g/mol. The van der Waals surface area contributed by atoms with Crippen molar-refractivity contribution in [1.82, 2.24) is 9.38 Å². The minimum absolute atomic E-state index is 0.155. The van der Waals surface area contributed by atoms with E-state index < -0.39 is 6.17 Å². The molecule has 1 saturated heterocycles. The molecule has 0 aromatic carbocycles. The molecule has 8 heteroatoms. The SMILES string of the molecule is C[N+]1(c2ccc(Br)s2)C=CSC1=NC(=O)N1CC[C@@H](F)C1. The van der Waals surface area contributed by atoms with Gasteiger partial charge in [-0.25, -0.2) is 13.7 Å². The van der Waals surface area contributed by atoms with Gasteiger partial charge in [-0.1, -0.05) is 11.3 Å². The summed E-state index contributed by atoms with van der Waals surface area (Å²) in [4.78, 5) is 17.9. The molecule has 0 N–H and O–H groups in total. The number of thioether (sulfide) groups is 1. The molecule has 2 aliphatic rings. The van der Waals surface area contributed by atoms with Crippen LogP contribution in [-0.4, -0.2) is 42.4 Å². The van der Waals surface area contributed by atoms with Crippen LogP contribution in [0.3, 0.4) is 0 Å². The minimum atomic E-state index is -0.919.